The lowest BCUT2D eigenvalue weighted by molar-refractivity contribution is 0.865. The zero-order valence-electron chi connectivity index (χ0n) is 11.5. The Hall–Kier alpha value is -0.600. The van der Waals surface area contributed by atoms with Crippen molar-refractivity contribution in [3.63, 3.8) is 0 Å². The summed E-state index contributed by atoms with van der Waals surface area (Å²) in [6.45, 7) is 6.56. The lowest BCUT2D eigenvalue weighted by atomic mass is 9.98. The van der Waals surface area contributed by atoms with Crippen molar-refractivity contribution in [3.8, 4) is 0 Å². The summed E-state index contributed by atoms with van der Waals surface area (Å²) in [5.41, 5.74) is 5.24. The Morgan fingerprint density at radius 1 is 0.842 bits per heavy atom. The van der Waals surface area contributed by atoms with Gasteiger partial charge in [-0.2, -0.15) is 0 Å². The molecule has 0 saturated heterocycles. The van der Waals surface area contributed by atoms with Crippen LogP contribution in [0.4, 0.5) is 0 Å². The van der Waals surface area contributed by atoms with Gasteiger partial charge in [-0.25, -0.2) is 0 Å². The van der Waals surface area contributed by atoms with E-state index >= 15 is 0 Å². The van der Waals surface area contributed by atoms with Crippen LogP contribution in [-0.2, 0) is 0 Å². The molecule has 0 heterocycles. The molecule has 2 aromatic carbocycles. The third-order valence-electron chi connectivity index (χ3n) is 3.37. The molecular weight excluding hydrogens is 364 g/mol. The molecule has 0 nitrogen and oxygen atoms in total. The van der Waals surface area contributed by atoms with Crippen LogP contribution >= 0.6 is 31.9 Å². The topological polar surface area (TPSA) is 0 Å². The first-order valence-corrected chi connectivity index (χ1v) is 8.20. The smallest absolute Gasteiger partial charge is 0.0644 e. The van der Waals surface area contributed by atoms with E-state index in [1.165, 1.54) is 22.3 Å². The Morgan fingerprint density at radius 3 is 1.89 bits per heavy atom. The number of hydrogen-bond donors (Lipinski definition) is 0. The summed E-state index contributed by atoms with van der Waals surface area (Å²) in [6, 6.07) is 15.4. The van der Waals surface area contributed by atoms with Crippen LogP contribution in [0.3, 0.4) is 0 Å². The van der Waals surface area contributed by atoms with E-state index in [1.807, 2.05) is 0 Å². The molecule has 0 aliphatic rings. The second-order valence-corrected chi connectivity index (χ2v) is 6.96. The number of halogens is 2. The van der Waals surface area contributed by atoms with Gasteiger partial charge in [0.1, 0.15) is 0 Å². The third-order valence-corrected chi connectivity index (χ3v) is 5.32. The predicted molar refractivity (Wildman–Crippen MR) is 90.2 cm³/mol. The van der Waals surface area contributed by atoms with Gasteiger partial charge in [-0.05, 0) is 41.2 Å². The molecule has 0 bridgehead atoms. The SMILES string of the molecule is Cc1cc(C(Br)c2ccc(C(C)C)cc2)ccc1Br. The molecule has 0 saturated carbocycles. The molecule has 0 amide bonds. The summed E-state index contributed by atoms with van der Waals surface area (Å²) in [7, 11) is 0. The first kappa shape index (κ1) is 14.8. The molecule has 0 radical (unpaired) electrons. The molecule has 2 heteroatoms. The number of alkyl halides is 1. The summed E-state index contributed by atoms with van der Waals surface area (Å²) in [6.07, 6.45) is 0. The lowest BCUT2D eigenvalue weighted by Gasteiger charge is -2.14. The Kier molecular flexibility index (Phi) is 4.86. The van der Waals surface area contributed by atoms with Crippen molar-refractivity contribution in [3.05, 3.63) is 69.2 Å². The average Bonchev–Trinajstić information content (AvgIpc) is 2.41. The maximum atomic E-state index is 3.80. The van der Waals surface area contributed by atoms with E-state index in [4.69, 9.17) is 0 Å². The Morgan fingerprint density at radius 2 is 1.37 bits per heavy atom. The largest absolute Gasteiger partial charge is 0.0786 e. The van der Waals surface area contributed by atoms with Crippen LogP contribution in [0.25, 0.3) is 0 Å². The van der Waals surface area contributed by atoms with Gasteiger partial charge < -0.3 is 0 Å². The maximum Gasteiger partial charge on any atom is 0.0644 e. The van der Waals surface area contributed by atoms with Crippen molar-refractivity contribution >= 4 is 31.9 Å². The van der Waals surface area contributed by atoms with E-state index in [0.717, 1.165) is 4.47 Å². The number of rotatable bonds is 3. The summed E-state index contributed by atoms with van der Waals surface area (Å²) >= 11 is 7.34. The standard InChI is InChI=1S/C17H18Br2/c1-11(2)13-4-6-14(7-5-13)17(19)15-8-9-16(18)12(3)10-15/h4-11,17H,1-3H3. The molecule has 2 rings (SSSR count). The van der Waals surface area contributed by atoms with E-state index in [9.17, 15) is 0 Å². The molecule has 0 aliphatic heterocycles. The number of hydrogen-bond acceptors (Lipinski definition) is 0. The van der Waals surface area contributed by atoms with Crippen LogP contribution in [-0.4, -0.2) is 0 Å². The zero-order chi connectivity index (χ0) is 14.0. The van der Waals surface area contributed by atoms with Gasteiger partial charge in [0.05, 0.1) is 4.83 Å². The summed E-state index contributed by atoms with van der Waals surface area (Å²) in [4.78, 5) is 0.250. The second kappa shape index (κ2) is 6.23. The molecule has 0 N–H and O–H groups in total. The van der Waals surface area contributed by atoms with Gasteiger partial charge in [-0.15, -0.1) is 0 Å². The summed E-state index contributed by atoms with van der Waals surface area (Å²) in [5, 5.41) is 0. The Balaban J connectivity index is 2.27. The fourth-order valence-electron chi connectivity index (χ4n) is 2.07. The van der Waals surface area contributed by atoms with Crippen molar-refractivity contribution in [2.24, 2.45) is 0 Å². The van der Waals surface area contributed by atoms with Gasteiger partial charge in [0.15, 0.2) is 0 Å². The zero-order valence-corrected chi connectivity index (χ0v) is 14.6. The fraction of sp³-hybridized carbons (Fsp3) is 0.294. The van der Waals surface area contributed by atoms with Gasteiger partial charge in [0, 0.05) is 4.47 Å². The number of benzene rings is 2. The van der Waals surface area contributed by atoms with Crippen LogP contribution in [0.2, 0.25) is 0 Å². The van der Waals surface area contributed by atoms with E-state index in [0.29, 0.717) is 5.92 Å². The first-order valence-electron chi connectivity index (χ1n) is 6.49. The van der Waals surface area contributed by atoms with E-state index in [-0.39, 0.29) is 4.83 Å². The monoisotopic (exact) mass is 380 g/mol. The van der Waals surface area contributed by atoms with Crippen molar-refractivity contribution in [1.29, 1.82) is 0 Å². The highest BCUT2D eigenvalue weighted by Crippen LogP contribution is 2.33. The molecule has 100 valence electrons. The quantitative estimate of drug-likeness (QED) is 0.542. The highest BCUT2D eigenvalue weighted by Gasteiger charge is 2.11. The molecular formula is C17H18Br2. The molecule has 0 aliphatic carbocycles. The van der Waals surface area contributed by atoms with Crippen molar-refractivity contribution in [2.75, 3.05) is 0 Å². The molecule has 0 spiro atoms. The van der Waals surface area contributed by atoms with E-state index in [2.05, 4.69) is 95.1 Å². The van der Waals surface area contributed by atoms with Gasteiger partial charge in [-0.3, -0.25) is 0 Å². The summed E-state index contributed by atoms with van der Waals surface area (Å²) < 4.78 is 1.16. The third kappa shape index (κ3) is 3.49. The normalized spacial score (nSPS) is 12.7. The van der Waals surface area contributed by atoms with Crippen molar-refractivity contribution in [1.82, 2.24) is 0 Å². The molecule has 0 fully saturated rings. The predicted octanol–water partition coefficient (Wildman–Crippen LogP) is 6.37. The first-order chi connectivity index (χ1) is 8.99. The molecule has 2 aromatic rings. The van der Waals surface area contributed by atoms with Crippen LogP contribution < -0.4 is 0 Å². The van der Waals surface area contributed by atoms with Crippen LogP contribution in [0.5, 0.6) is 0 Å². The summed E-state index contributed by atoms with van der Waals surface area (Å²) in [5.74, 6) is 0.581. The van der Waals surface area contributed by atoms with Gasteiger partial charge in [0.2, 0.25) is 0 Å². The molecule has 1 unspecified atom stereocenters. The Labute approximate surface area is 132 Å². The van der Waals surface area contributed by atoms with E-state index < -0.39 is 0 Å². The van der Waals surface area contributed by atoms with Crippen LogP contribution in [0.15, 0.2) is 46.9 Å². The lowest BCUT2D eigenvalue weighted by Crippen LogP contribution is -1.95. The minimum absolute atomic E-state index is 0.250. The van der Waals surface area contributed by atoms with Gasteiger partial charge >= 0.3 is 0 Å². The highest BCUT2D eigenvalue weighted by atomic mass is 79.9. The second-order valence-electron chi connectivity index (χ2n) is 5.19. The minimum Gasteiger partial charge on any atom is -0.0786 e. The van der Waals surface area contributed by atoms with Gasteiger partial charge in [0.25, 0.3) is 0 Å². The van der Waals surface area contributed by atoms with E-state index in [1.54, 1.807) is 0 Å². The maximum absolute atomic E-state index is 3.80. The van der Waals surface area contributed by atoms with Crippen molar-refractivity contribution < 1.29 is 0 Å². The van der Waals surface area contributed by atoms with Crippen molar-refractivity contribution in [2.45, 2.75) is 31.5 Å². The minimum atomic E-state index is 0.250. The average molecular weight is 382 g/mol. The molecule has 0 aromatic heterocycles. The Bertz CT molecular complexity index is 556. The van der Waals surface area contributed by atoms with Crippen LogP contribution in [0.1, 0.15) is 46.8 Å². The molecule has 19 heavy (non-hydrogen) atoms. The highest BCUT2D eigenvalue weighted by molar-refractivity contribution is 9.10. The fourth-order valence-corrected chi connectivity index (χ4v) is 2.90. The number of aryl methyl sites for hydroxylation is 1. The molecule has 1 atom stereocenters. The van der Waals surface area contributed by atoms with Crippen LogP contribution in [0, 0.1) is 6.92 Å². The van der Waals surface area contributed by atoms with Gasteiger partial charge in [-0.1, -0.05) is 82.1 Å².